The summed E-state index contributed by atoms with van der Waals surface area (Å²) in [5.41, 5.74) is -1.10. The molecular weight excluding hydrogens is 454 g/mol. The standard InChI is InChI=1S/C24H23F4N3O3/c1-13(2)22(15-6-9-17(18(25)11-15)24(26,27)28)31-23(33)19-12-21(32)30-20(29-19)10-14-4-7-16(34-3)8-5-14/h4-9,11-13,22H,10H2,1-3H3,(H,31,33)(H,29,30,32). The maximum absolute atomic E-state index is 14.1. The second-order valence-electron chi connectivity index (χ2n) is 8.03. The van der Waals surface area contributed by atoms with Crippen molar-refractivity contribution in [2.75, 3.05) is 7.11 Å². The molecule has 34 heavy (non-hydrogen) atoms. The molecule has 1 amide bonds. The number of H-pyrrole nitrogens is 1. The summed E-state index contributed by atoms with van der Waals surface area (Å²) in [5, 5.41) is 2.65. The third-order valence-corrected chi connectivity index (χ3v) is 5.16. The molecule has 0 spiro atoms. The zero-order valence-electron chi connectivity index (χ0n) is 18.7. The molecular formula is C24H23F4N3O3. The van der Waals surface area contributed by atoms with Crippen molar-refractivity contribution in [3.63, 3.8) is 0 Å². The van der Waals surface area contributed by atoms with Gasteiger partial charge >= 0.3 is 6.18 Å². The molecule has 0 aliphatic heterocycles. The summed E-state index contributed by atoms with van der Waals surface area (Å²) >= 11 is 0. The summed E-state index contributed by atoms with van der Waals surface area (Å²) in [6.45, 7) is 3.45. The van der Waals surface area contributed by atoms with Crippen LogP contribution in [0, 0.1) is 11.7 Å². The van der Waals surface area contributed by atoms with Crippen LogP contribution in [0.2, 0.25) is 0 Å². The highest BCUT2D eigenvalue weighted by molar-refractivity contribution is 5.92. The molecule has 0 radical (unpaired) electrons. The number of halogens is 4. The average Bonchev–Trinajstić information content (AvgIpc) is 2.76. The number of nitrogens with zero attached hydrogens (tertiary/aromatic N) is 1. The normalized spacial score (nSPS) is 12.5. The molecule has 0 bridgehead atoms. The lowest BCUT2D eigenvalue weighted by Crippen LogP contribution is -2.33. The van der Waals surface area contributed by atoms with Crippen LogP contribution in [-0.4, -0.2) is 23.0 Å². The Labute approximate surface area is 193 Å². The maximum atomic E-state index is 14.1. The van der Waals surface area contributed by atoms with Crippen LogP contribution in [0.3, 0.4) is 0 Å². The quantitative estimate of drug-likeness (QED) is 0.485. The predicted octanol–water partition coefficient (Wildman–Crippen LogP) is 4.65. The van der Waals surface area contributed by atoms with Gasteiger partial charge < -0.3 is 15.0 Å². The Morgan fingerprint density at radius 1 is 1.12 bits per heavy atom. The topological polar surface area (TPSA) is 84.1 Å². The van der Waals surface area contributed by atoms with Crippen LogP contribution in [0.4, 0.5) is 17.6 Å². The number of rotatable bonds is 7. The van der Waals surface area contributed by atoms with E-state index in [9.17, 15) is 27.2 Å². The van der Waals surface area contributed by atoms with Gasteiger partial charge in [0.2, 0.25) is 0 Å². The van der Waals surface area contributed by atoms with Crippen LogP contribution in [0.5, 0.6) is 5.75 Å². The molecule has 2 N–H and O–H groups in total. The smallest absolute Gasteiger partial charge is 0.419 e. The fraction of sp³-hybridized carbons (Fsp3) is 0.292. The van der Waals surface area contributed by atoms with Crippen LogP contribution in [0.25, 0.3) is 0 Å². The number of hydrogen-bond donors (Lipinski definition) is 2. The second kappa shape index (κ2) is 10.1. The first-order valence-electron chi connectivity index (χ1n) is 10.4. The molecule has 1 heterocycles. The Hall–Kier alpha value is -3.69. The third kappa shape index (κ3) is 6.00. The van der Waals surface area contributed by atoms with Gasteiger partial charge in [-0.25, -0.2) is 9.37 Å². The Morgan fingerprint density at radius 3 is 2.35 bits per heavy atom. The molecule has 0 aliphatic carbocycles. The minimum atomic E-state index is -4.82. The molecule has 180 valence electrons. The van der Waals surface area contributed by atoms with Crippen molar-refractivity contribution in [2.24, 2.45) is 5.92 Å². The summed E-state index contributed by atoms with van der Waals surface area (Å²) < 4.78 is 57.9. The number of ether oxygens (including phenoxy) is 1. The number of alkyl halides is 3. The molecule has 1 unspecified atom stereocenters. The van der Waals surface area contributed by atoms with E-state index in [-0.39, 0.29) is 29.4 Å². The molecule has 0 saturated carbocycles. The van der Waals surface area contributed by atoms with Crippen LogP contribution in [0.15, 0.2) is 53.3 Å². The first-order chi connectivity index (χ1) is 16.0. The van der Waals surface area contributed by atoms with E-state index in [0.717, 1.165) is 23.8 Å². The number of aromatic amines is 1. The monoisotopic (exact) mass is 477 g/mol. The zero-order chi connectivity index (χ0) is 25.0. The van der Waals surface area contributed by atoms with Crippen molar-refractivity contribution in [2.45, 2.75) is 32.5 Å². The minimum Gasteiger partial charge on any atom is -0.497 e. The summed E-state index contributed by atoms with van der Waals surface area (Å²) in [5.74, 6) is -1.51. The number of hydrogen-bond acceptors (Lipinski definition) is 4. The largest absolute Gasteiger partial charge is 0.497 e. The molecule has 6 nitrogen and oxygen atoms in total. The zero-order valence-corrected chi connectivity index (χ0v) is 18.7. The van der Waals surface area contributed by atoms with Gasteiger partial charge in [-0.1, -0.05) is 32.0 Å². The highest BCUT2D eigenvalue weighted by Crippen LogP contribution is 2.33. The van der Waals surface area contributed by atoms with Crippen molar-refractivity contribution in [3.8, 4) is 5.75 Å². The van der Waals surface area contributed by atoms with Gasteiger partial charge in [0.05, 0.1) is 18.7 Å². The molecule has 10 heteroatoms. The predicted molar refractivity (Wildman–Crippen MR) is 117 cm³/mol. The SMILES string of the molecule is COc1ccc(Cc2nc(C(=O)NC(c3ccc(C(F)(F)F)c(F)c3)C(C)C)cc(=O)[nH]2)cc1. The molecule has 0 saturated heterocycles. The second-order valence-corrected chi connectivity index (χ2v) is 8.03. The van der Waals surface area contributed by atoms with E-state index in [0.29, 0.717) is 11.8 Å². The number of nitrogens with one attached hydrogen (secondary N) is 2. The van der Waals surface area contributed by atoms with Gasteiger partial charge in [0.15, 0.2) is 0 Å². The van der Waals surface area contributed by atoms with Crippen molar-refractivity contribution < 1.29 is 27.1 Å². The van der Waals surface area contributed by atoms with Gasteiger partial charge in [-0.15, -0.1) is 0 Å². The van der Waals surface area contributed by atoms with E-state index in [1.54, 1.807) is 45.2 Å². The lowest BCUT2D eigenvalue weighted by atomic mass is 9.94. The number of amides is 1. The first-order valence-corrected chi connectivity index (χ1v) is 10.4. The van der Waals surface area contributed by atoms with Gasteiger partial charge in [0, 0.05) is 12.5 Å². The van der Waals surface area contributed by atoms with Crippen LogP contribution in [-0.2, 0) is 12.6 Å². The number of methoxy groups -OCH3 is 1. The Bertz CT molecular complexity index is 1220. The summed E-state index contributed by atoms with van der Waals surface area (Å²) in [6.07, 6.45) is -4.58. The fourth-order valence-electron chi connectivity index (χ4n) is 3.45. The van der Waals surface area contributed by atoms with Gasteiger partial charge in [0.25, 0.3) is 11.5 Å². The van der Waals surface area contributed by atoms with Gasteiger partial charge in [-0.2, -0.15) is 13.2 Å². The molecule has 1 aromatic heterocycles. The van der Waals surface area contributed by atoms with Gasteiger partial charge in [-0.3, -0.25) is 9.59 Å². The van der Waals surface area contributed by atoms with E-state index < -0.39 is 35.1 Å². The lowest BCUT2D eigenvalue weighted by Gasteiger charge is -2.23. The molecule has 2 aromatic carbocycles. The van der Waals surface area contributed by atoms with E-state index >= 15 is 0 Å². The first kappa shape index (κ1) is 24.9. The fourth-order valence-corrected chi connectivity index (χ4v) is 3.45. The van der Waals surface area contributed by atoms with Crippen molar-refractivity contribution in [3.05, 3.63) is 92.9 Å². The van der Waals surface area contributed by atoms with E-state index in [1.165, 1.54) is 0 Å². The van der Waals surface area contributed by atoms with Crippen molar-refractivity contribution >= 4 is 5.91 Å². The molecule has 1 atom stereocenters. The van der Waals surface area contributed by atoms with Crippen LogP contribution < -0.4 is 15.6 Å². The van der Waals surface area contributed by atoms with Gasteiger partial charge in [0.1, 0.15) is 23.1 Å². The van der Waals surface area contributed by atoms with Gasteiger partial charge in [-0.05, 0) is 41.3 Å². The highest BCUT2D eigenvalue weighted by atomic mass is 19.4. The number of carbonyl (C=O) groups is 1. The van der Waals surface area contributed by atoms with E-state index in [4.69, 9.17) is 4.74 Å². The molecule has 3 rings (SSSR count). The molecule has 0 fully saturated rings. The maximum Gasteiger partial charge on any atom is 0.419 e. The average molecular weight is 477 g/mol. The summed E-state index contributed by atoms with van der Waals surface area (Å²) in [4.78, 5) is 31.8. The summed E-state index contributed by atoms with van der Waals surface area (Å²) in [7, 11) is 1.54. The molecule has 0 aliphatic rings. The Balaban J connectivity index is 1.83. The number of carbonyl (C=O) groups excluding carboxylic acids is 1. The van der Waals surface area contributed by atoms with Crippen LogP contribution >= 0.6 is 0 Å². The van der Waals surface area contributed by atoms with Crippen molar-refractivity contribution in [1.82, 2.24) is 15.3 Å². The Kier molecular flexibility index (Phi) is 7.38. The van der Waals surface area contributed by atoms with Crippen LogP contribution in [0.1, 0.15) is 52.9 Å². The molecule has 3 aromatic rings. The van der Waals surface area contributed by atoms with E-state index in [1.807, 2.05) is 0 Å². The van der Waals surface area contributed by atoms with E-state index in [2.05, 4.69) is 15.3 Å². The highest BCUT2D eigenvalue weighted by Gasteiger charge is 2.34. The minimum absolute atomic E-state index is 0.162. The Morgan fingerprint density at radius 2 is 1.79 bits per heavy atom. The summed E-state index contributed by atoms with van der Waals surface area (Å²) in [6, 6.07) is 9.82. The van der Waals surface area contributed by atoms with Crippen molar-refractivity contribution in [1.29, 1.82) is 0 Å². The number of aromatic nitrogens is 2. The number of benzene rings is 2. The third-order valence-electron chi connectivity index (χ3n) is 5.16. The lowest BCUT2D eigenvalue weighted by molar-refractivity contribution is -0.140.